The van der Waals surface area contributed by atoms with Crippen LogP contribution in [0.25, 0.3) is 11.3 Å². The zero-order valence-electron chi connectivity index (χ0n) is 13.5. The van der Waals surface area contributed by atoms with E-state index in [-0.39, 0.29) is 4.34 Å². The molecule has 0 aliphatic rings. The first-order valence-corrected chi connectivity index (χ1v) is 9.61. The Morgan fingerprint density at radius 2 is 1.83 bits per heavy atom. The Morgan fingerprint density at radius 1 is 1.22 bits per heavy atom. The topological polar surface area (TPSA) is 76.1 Å². The number of sulfone groups is 1. The molecule has 1 aromatic heterocycles. The maximum Gasteiger partial charge on any atom is 0.238 e. The number of hydrogen-bond donors (Lipinski definition) is 1. The van der Waals surface area contributed by atoms with Gasteiger partial charge in [-0.2, -0.15) is 0 Å². The van der Waals surface area contributed by atoms with E-state index in [1.807, 2.05) is 30.3 Å². The van der Waals surface area contributed by atoms with Crippen LogP contribution in [-0.4, -0.2) is 30.1 Å². The Balaban J connectivity index is 2.27. The van der Waals surface area contributed by atoms with Crippen molar-refractivity contribution in [1.82, 2.24) is 10.3 Å². The second-order valence-corrected chi connectivity index (χ2v) is 9.59. The number of nitrogens with zero attached hydrogens (tertiary/aromatic N) is 1. The first-order chi connectivity index (χ1) is 10.6. The van der Waals surface area contributed by atoms with E-state index in [4.69, 9.17) is 0 Å². The van der Waals surface area contributed by atoms with Crippen molar-refractivity contribution in [1.29, 1.82) is 0 Å². The van der Waals surface area contributed by atoms with Gasteiger partial charge in [0.15, 0.2) is 0 Å². The molecule has 1 heterocycles. The molecule has 1 amide bonds. The number of thiazole rings is 1. The minimum absolute atomic E-state index is 0.0343. The molecular formula is C16H20N2O3S2. The number of amides is 1. The van der Waals surface area contributed by atoms with E-state index in [2.05, 4.69) is 10.3 Å². The molecular weight excluding hydrogens is 332 g/mol. The van der Waals surface area contributed by atoms with Crippen LogP contribution in [-0.2, 0) is 14.6 Å². The van der Waals surface area contributed by atoms with Gasteiger partial charge in [-0.05, 0) is 27.7 Å². The van der Waals surface area contributed by atoms with E-state index >= 15 is 0 Å². The van der Waals surface area contributed by atoms with Gasteiger partial charge in [0.25, 0.3) is 0 Å². The van der Waals surface area contributed by atoms with Gasteiger partial charge in [-0.3, -0.25) is 4.79 Å². The van der Waals surface area contributed by atoms with E-state index in [1.165, 1.54) is 6.92 Å². The van der Waals surface area contributed by atoms with E-state index in [1.54, 1.807) is 26.2 Å². The molecule has 23 heavy (non-hydrogen) atoms. The molecule has 0 spiro atoms. The van der Waals surface area contributed by atoms with E-state index < -0.39 is 26.5 Å². The van der Waals surface area contributed by atoms with Crippen LogP contribution in [0.2, 0.25) is 0 Å². The molecule has 0 saturated heterocycles. The molecule has 0 fully saturated rings. The highest BCUT2D eigenvalue weighted by atomic mass is 32.2. The van der Waals surface area contributed by atoms with Gasteiger partial charge in [0, 0.05) is 16.5 Å². The predicted molar refractivity (Wildman–Crippen MR) is 92.1 cm³/mol. The summed E-state index contributed by atoms with van der Waals surface area (Å²) >= 11 is 1.04. The van der Waals surface area contributed by atoms with E-state index in [0.29, 0.717) is 5.69 Å². The number of rotatable bonds is 4. The Hall–Kier alpha value is -1.73. The molecule has 0 aliphatic heterocycles. The monoisotopic (exact) mass is 352 g/mol. The number of aromatic nitrogens is 1. The minimum Gasteiger partial charge on any atom is -0.350 e. The van der Waals surface area contributed by atoms with Crippen LogP contribution < -0.4 is 5.32 Å². The second-order valence-electron chi connectivity index (χ2n) is 6.29. The molecule has 2 aromatic rings. The Bertz CT molecular complexity index is 790. The van der Waals surface area contributed by atoms with Gasteiger partial charge >= 0.3 is 0 Å². The first-order valence-electron chi connectivity index (χ1n) is 7.18. The van der Waals surface area contributed by atoms with Gasteiger partial charge in [0.2, 0.25) is 20.1 Å². The number of nitrogens with one attached hydrogen (secondary N) is 1. The minimum atomic E-state index is -3.80. The smallest absolute Gasteiger partial charge is 0.238 e. The summed E-state index contributed by atoms with van der Waals surface area (Å²) in [6.07, 6.45) is 0. The van der Waals surface area contributed by atoms with Crippen molar-refractivity contribution in [2.75, 3.05) is 0 Å². The van der Waals surface area contributed by atoms with Crippen LogP contribution in [0.1, 0.15) is 27.7 Å². The molecule has 2 rings (SSSR count). The van der Waals surface area contributed by atoms with Gasteiger partial charge < -0.3 is 5.32 Å². The van der Waals surface area contributed by atoms with Crippen LogP contribution >= 0.6 is 11.3 Å². The van der Waals surface area contributed by atoms with Crippen LogP contribution in [0.15, 0.2) is 40.1 Å². The zero-order valence-corrected chi connectivity index (χ0v) is 15.2. The van der Waals surface area contributed by atoms with Crippen molar-refractivity contribution in [3.63, 3.8) is 0 Å². The molecule has 0 unspecified atom stereocenters. The SMILES string of the molecule is C[C@@H](C(=O)NC(C)(C)C)S(=O)(=O)c1nc(-c2ccccc2)cs1. The summed E-state index contributed by atoms with van der Waals surface area (Å²) in [6, 6.07) is 9.33. The summed E-state index contributed by atoms with van der Waals surface area (Å²) < 4.78 is 25.1. The van der Waals surface area contributed by atoms with Gasteiger partial charge in [-0.15, -0.1) is 11.3 Å². The fourth-order valence-electron chi connectivity index (χ4n) is 1.89. The molecule has 5 nitrogen and oxygen atoms in total. The molecule has 124 valence electrons. The molecule has 0 aliphatic carbocycles. The maximum absolute atomic E-state index is 12.6. The van der Waals surface area contributed by atoms with Crippen molar-refractivity contribution in [3.05, 3.63) is 35.7 Å². The lowest BCUT2D eigenvalue weighted by Crippen LogP contribution is -2.47. The Morgan fingerprint density at radius 3 is 2.39 bits per heavy atom. The maximum atomic E-state index is 12.6. The third kappa shape index (κ3) is 4.17. The third-order valence-corrected chi connectivity index (χ3v) is 6.47. The normalized spacial score (nSPS) is 13.6. The summed E-state index contributed by atoms with van der Waals surface area (Å²) in [5.41, 5.74) is 0.952. The van der Waals surface area contributed by atoms with Crippen molar-refractivity contribution in [2.24, 2.45) is 0 Å². The van der Waals surface area contributed by atoms with Crippen molar-refractivity contribution in [2.45, 2.75) is 42.8 Å². The van der Waals surface area contributed by atoms with Gasteiger partial charge in [0.05, 0.1) is 5.69 Å². The fraction of sp³-hybridized carbons (Fsp3) is 0.375. The summed E-state index contributed by atoms with van der Waals surface area (Å²) in [6.45, 7) is 6.81. The third-order valence-electron chi connectivity index (χ3n) is 3.13. The predicted octanol–water partition coefficient (Wildman–Crippen LogP) is 2.89. The summed E-state index contributed by atoms with van der Waals surface area (Å²) in [5, 5.41) is 3.20. The highest BCUT2D eigenvalue weighted by Gasteiger charge is 2.34. The van der Waals surface area contributed by atoms with Crippen LogP contribution in [0.3, 0.4) is 0 Å². The van der Waals surface area contributed by atoms with Crippen molar-refractivity contribution in [3.8, 4) is 11.3 Å². The van der Waals surface area contributed by atoms with Crippen molar-refractivity contribution >= 4 is 27.1 Å². The van der Waals surface area contributed by atoms with Gasteiger partial charge in [-0.1, -0.05) is 30.3 Å². The molecule has 1 N–H and O–H groups in total. The quantitative estimate of drug-likeness (QED) is 0.918. The Kier molecular flexibility index (Phi) is 4.91. The lowest BCUT2D eigenvalue weighted by atomic mass is 10.1. The lowest BCUT2D eigenvalue weighted by Gasteiger charge is -2.22. The average molecular weight is 352 g/mol. The second kappa shape index (κ2) is 6.41. The standard InChI is InChI=1S/C16H20N2O3S2/c1-11(14(19)18-16(2,3)4)23(20,21)15-17-13(10-22-15)12-8-6-5-7-9-12/h5-11H,1-4H3,(H,18,19)/t11-/m0/s1. The van der Waals surface area contributed by atoms with Crippen LogP contribution in [0.5, 0.6) is 0 Å². The number of carbonyl (C=O) groups is 1. The summed E-state index contributed by atoms with van der Waals surface area (Å²) in [4.78, 5) is 16.3. The largest absolute Gasteiger partial charge is 0.350 e. The number of carbonyl (C=O) groups excluding carboxylic acids is 1. The molecule has 1 atom stereocenters. The zero-order chi connectivity index (χ0) is 17.3. The lowest BCUT2D eigenvalue weighted by molar-refractivity contribution is -0.121. The van der Waals surface area contributed by atoms with E-state index in [9.17, 15) is 13.2 Å². The number of hydrogen-bond acceptors (Lipinski definition) is 5. The van der Waals surface area contributed by atoms with Crippen LogP contribution in [0.4, 0.5) is 0 Å². The molecule has 7 heteroatoms. The highest BCUT2D eigenvalue weighted by molar-refractivity contribution is 7.94. The Labute approximate surface area is 140 Å². The molecule has 0 radical (unpaired) electrons. The highest BCUT2D eigenvalue weighted by Crippen LogP contribution is 2.26. The van der Waals surface area contributed by atoms with E-state index in [0.717, 1.165) is 16.9 Å². The van der Waals surface area contributed by atoms with Gasteiger partial charge in [-0.25, -0.2) is 13.4 Å². The number of benzene rings is 1. The van der Waals surface area contributed by atoms with Crippen molar-refractivity contribution < 1.29 is 13.2 Å². The summed E-state index contributed by atoms with van der Waals surface area (Å²) in [7, 11) is -3.80. The fourth-order valence-corrected chi connectivity index (χ4v) is 4.43. The summed E-state index contributed by atoms with van der Waals surface area (Å²) in [5.74, 6) is -0.519. The average Bonchev–Trinajstić information content (AvgIpc) is 2.96. The molecule has 1 aromatic carbocycles. The molecule has 0 saturated carbocycles. The first kappa shape index (κ1) is 17.6. The van der Waals surface area contributed by atoms with Gasteiger partial charge in [0.1, 0.15) is 5.25 Å². The molecule has 0 bridgehead atoms. The van der Waals surface area contributed by atoms with Crippen LogP contribution in [0, 0.1) is 0 Å².